The van der Waals surface area contributed by atoms with Crippen LogP contribution in [-0.2, 0) is 0 Å². The molecule has 1 atom stereocenters. The molecular weight excluding hydrogens is 332 g/mol. The van der Waals surface area contributed by atoms with Crippen molar-refractivity contribution < 1.29 is 0 Å². The molecule has 20 heavy (non-hydrogen) atoms. The Morgan fingerprint density at radius 2 is 2.20 bits per heavy atom. The molecule has 4 rings (SSSR count). The SMILES string of the molecule is C[C@H]1CCCN1C1CC(c2nc3ccc(Br)cc3s2)C1. The number of hydrogen-bond acceptors (Lipinski definition) is 3. The number of nitrogens with zero attached hydrogens (tertiary/aromatic N) is 2. The number of hydrogen-bond donors (Lipinski definition) is 0. The van der Waals surface area contributed by atoms with Crippen LogP contribution >= 0.6 is 27.3 Å². The van der Waals surface area contributed by atoms with Crippen LogP contribution in [0.15, 0.2) is 22.7 Å². The highest BCUT2D eigenvalue weighted by atomic mass is 79.9. The van der Waals surface area contributed by atoms with Gasteiger partial charge in [0.05, 0.1) is 15.2 Å². The first kappa shape index (κ1) is 13.2. The van der Waals surface area contributed by atoms with Crippen molar-refractivity contribution in [2.45, 2.75) is 50.6 Å². The minimum atomic E-state index is 0.698. The second-order valence-electron chi connectivity index (χ2n) is 6.22. The van der Waals surface area contributed by atoms with Gasteiger partial charge < -0.3 is 0 Å². The second-order valence-corrected chi connectivity index (χ2v) is 8.19. The fourth-order valence-electron chi connectivity index (χ4n) is 3.65. The topological polar surface area (TPSA) is 16.1 Å². The summed E-state index contributed by atoms with van der Waals surface area (Å²) in [4.78, 5) is 7.56. The molecule has 2 aliphatic rings. The maximum atomic E-state index is 4.84. The van der Waals surface area contributed by atoms with E-state index in [9.17, 15) is 0 Å². The number of benzene rings is 1. The molecule has 1 saturated heterocycles. The standard InChI is InChI=1S/C16H19BrN2S/c1-10-3-2-6-19(10)13-7-11(8-13)16-18-14-5-4-12(17)9-15(14)20-16/h4-5,9-11,13H,2-3,6-8H2,1H3/t10-,11?,13?/m0/s1. The van der Waals surface area contributed by atoms with Gasteiger partial charge in [-0.15, -0.1) is 11.3 Å². The van der Waals surface area contributed by atoms with Crippen molar-refractivity contribution in [3.63, 3.8) is 0 Å². The van der Waals surface area contributed by atoms with Gasteiger partial charge in [-0.1, -0.05) is 15.9 Å². The lowest BCUT2D eigenvalue weighted by molar-refractivity contribution is 0.103. The molecule has 2 nitrogen and oxygen atoms in total. The van der Waals surface area contributed by atoms with E-state index in [1.54, 1.807) is 0 Å². The zero-order chi connectivity index (χ0) is 13.7. The lowest BCUT2D eigenvalue weighted by Gasteiger charge is -2.42. The molecule has 0 unspecified atom stereocenters. The van der Waals surface area contributed by atoms with Crippen LogP contribution in [0.5, 0.6) is 0 Å². The summed E-state index contributed by atoms with van der Waals surface area (Å²) in [6, 6.07) is 8.01. The number of aromatic nitrogens is 1. The first-order valence-corrected chi connectivity index (χ1v) is 9.13. The fourth-order valence-corrected chi connectivity index (χ4v) is 5.29. The Bertz CT molecular complexity index is 632. The van der Waals surface area contributed by atoms with E-state index in [1.807, 2.05) is 11.3 Å². The maximum Gasteiger partial charge on any atom is 0.0970 e. The summed E-state index contributed by atoms with van der Waals surface area (Å²) in [5, 5.41) is 1.35. The zero-order valence-electron chi connectivity index (χ0n) is 11.7. The molecule has 0 N–H and O–H groups in total. The number of fused-ring (bicyclic) bond motifs is 1. The molecule has 0 bridgehead atoms. The Morgan fingerprint density at radius 1 is 1.35 bits per heavy atom. The van der Waals surface area contributed by atoms with Crippen molar-refractivity contribution in [3.05, 3.63) is 27.7 Å². The highest BCUT2D eigenvalue weighted by molar-refractivity contribution is 9.10. The zero-order valence-corrected chi connectivity index (χ0v) is 14.1. The summed E-state index contributed by atoms with van der Waals surface area (Å²) in [6.07, 6.45) is 5.39. The average Bonchev–Trinajstić information content (AvgIpc) is 2.94. The average molecular weight is 351 g/mol. The Kier molecular flexibility index (Phi) is 3.36. The van der Waals surface area contributed by atoms with Crippen molar-refractivity contribution in [1.82, 2.24) is 9.88 Å². The Morgan fingerprint density at radius 3 is 2.95 bits per heavy atom. The number of likely N-dealkylation sites (tertiary alicyclic amines) is 1. The van der Waals surface area contributed by atoms with Crippen LogP contribution < -0.4 is 0 Å². The van der Waals surface area contributed by atoms with Crippen molar-refractivity contribution in [2.75, 3.05) is 6.54 Å². The van der Waals surface area contributed by atoms with Crippen LogP contribution in [0.1, 0.15) is 43.5 Å². The van der Waals surface area contributed by atoms with Gasteiger partial charge in [-0.05, 0) is 57.4 Å². The largest absolute Gasteiger partial charge is 0.298 e. The van der Waals surface area contributed by atoms with Gasteiger partial charge in [0.15, 0.2) is 0 Å². The van der Waals surface area contributed by atoms with Crippen LogP contribution in [0.3, 0.4) is 0 Å². The fraction of sp³-hybridized carbons (Fsp3) is 0.562. The first-order valence-electron chi connectivity index (χ1n) is 7.52. The highest BCUT2D eigenvalue weighted by Crippen LogP contribution is 2.44. The lowest BCUT2D eigenvalue weighted by Crippen LogP contribution is -2.45. The molecule has 0 radical (unpaired) electrons. The molecule has 0 amide bonds. The van der Waals surface area contributed by atoms with Gasteiger partial charge in [-0.3, -0.25) is 4.90 Å². The normalized spacial score (nSPS) is 30.8. The van der Waals surface area contributed by atoms with E-state index in [0.717, 1.165) is 22.1 Å². The molecule has 0 spiro atoms. The van der Waals surface area contributed by atoms with Gasteiger partial charge in [-0.25, -0.2) is 4.98 Å². The van der Waals surface area contributed by atoms with Crippen LogP contribution in [0.25, 0.3) is 10.2 Å². The van der Waals surface area contributed by atoms with Crippen molar-refractivity contribution in [1.29, 1.82) is 0 Å². The summed E-state index contributed by atoms with van der Waals surface area (Å²) in [5.41, 5.74) is 1.16. The molecule has 1 aliphatic heterocycles. The molecule has 2 aromatic rings. The molecule has 1 aromatic carbocycles. The monoisotopic (exact) mass is 350 g/mol. The van der Waals surface area contributed by atoms with E-state index in [4.69, 9.17) is 4.98 Å². The van der Waals surface area contributed by atoms with E-state index in [-0.39, 0.29) is 0 Å². The molecule has 1 saturated carbocycles. The molecule has 106 valence electrons. The van der Waals surface area contributed by atoms with Crippen LogP contribution in [0, 0.1) is 0 Å². The summed E-state index contributed by atoms with van der Waals surface area (Å²) in [6.45, 7) is 3.70. The van der Waals surface area contributed by atoms with Crippen LogP contribution in [0.4, 0.5) is 0 Å². The molecule has 1 aliphatic carbocycles. The summed E-state index contributed by atoms with van der Waals surface area (Å²) >= 11 is 5.42. The van der Waals surface area contributed by atoms with E-state index >= 15 is 0 Å². The smallest absolute Gasteiger partial charge is 0.0970 e. The minimum Gasteiger partial charge on any atom is -0.298 e. The third kappa shape index (κ3) is 2.22. The van der Waals surface area contributed by atoms with E-state index < -0.39 is 0 Å². The van der Waals surface area contributed by atoms with Crippen molar-refractivity contribution >= 4 is 37.5 Å². The highest BCUT2D eigenvalue weighted by Gasteiger charge is 2.39. The van der Waals surface area contributed by atoms with Crippen molar-refractivity contribution in [2.24, 2.45) is 0 Å². The predicted molar refractivity (Wildman–Crippen MR) is 88.5 cm³/mol. The summed E-state index contributed by atoms with van der Waals surface area (Å²) in [5.74, 6) is 0.698. The van der Waals surface area contributed by atoms with Gasteiger partial charge in [0, 0.05) is 22.5 Å². The second kappa shape index (κ2) is 5.08. The quantitative estimate of drug-likeness (QED) is 0.773. The first-order chi connectivity index (χ1) is 9.70. The number of thiazole rings is 1. The van der Waals surface area contributed by atoms with E-state index in [1.165, 1.54) is 41.9 Å². The molecule has 2 heterocycles. The molecular formula is C16H19BrN2S. The lowest BCUT2D eigenvalue weighted by atomic mass is 9.79. The van der Waals surface area contributed by atoms with Gasteiger partial charge in [0.2, 0.25) is 0 Å². The number of halogens is 1. The van der Waals surface area contributed by atoms with E-state index in [0.29, 0.717) is 5.92 Å². The van der Waals surface area contributed by atoms with Gasteiger partial charge in [0.25, 0.3) is 0 Å². The van der Waals surface area contributed by atoms with Crippen molar-refractivity contribution in [3.8, 4) is 0 Å². The predicted octanol–water partition coefficient (Wildman–Crippen LogP) is 4.79. The minimum absolute atomic E-state index is 0.698. The maximum absolute atomic E-state index is 4.84. The van der Waals surface area contributed by atoms with Gasteiger partial charge >= 0.3 is 0 Å². The molecule has 2 fully saturated rings. The molecule has 1 aromatic heterocycles. The third-order valence-electron chi connectivity index (χ3n) is 4.90. The molecule has 4 heteroatoms. The Balaban J connectivity index is 1.49. The van der Waals surface area contributed by atoms with Gasteiger partial charge in [0.1, 0.15) is 0 Å². The summed E-state index contributed by atoms with van der Waals surface area (Å²) < 4.78 is 2.46. The van der Waals surface area contributed by atoms with E-state index in [2.05, 4.69) is 46.0 Å². The Labute approximate surface area is 132 Å². The van der Waals surface area contributed by atoms with Crippen LogP contribution in [0.2, 0.25) is 0 Å². The number of rotatable bonds is 2. The van der Waals surface area contributed by atoms with Gasteiger partial charge in [-0.2, -0.15) is 0 Å². The summed E-state index contributed by atoms with van der Waals surface area (Å²) in [7, 11) is 0. The third-order valence-corrected chi connectivity index (χ3v) is 6.58. The van der Waals surface area contributed by atoms with Crippen LogP contribution in [-0.4, -0.2) is 28.5 Å². The Hall–Kier alpha value is -0.450.